The second-order valence-electron chi connectivity index (χ2n) is 8.34. The summed E-state index contributed by atoms with van der Waals surface area (Å²) in [6, 6.07) is 0. The van der Waals surface area contributed by atoms with Gasteiger partial charge in [0.15, 0.2) is 5.78 Å². The van der Waals surface area contributed by atoms with Crippen LogP contribution in [0.1, 0.15) is 51.9 Å². The molecule has 4 rings (SSSR count). The van der Waals surface area contributed by atoms with Crippen molar-refractivity contribution in [2.75, 3.05) is 6.61 Å². The van der Waals surface area contributed by atoms with Gasteiger partial charge in [0.25, 0.3) is 0 Å². The summed E-state index contributed by atoms with van der Waals surface area (Å²) in [4.78, 5) is 24.2. The fourth-order valence-electron chi connectivity index (χ4n) is 6.50. The Balaban J connectivity index is 1.72. The maximum absolute atomic E-state index is 12.4. The molecule has 0 aromatic carbocycles. The highest BCUT2D eigenvalue weighted by Gasteiger charge is 2.60. The first-order valence-electron chi connectivity index (χ1n) is 8.87. The van der Waals surface area contributed by atoms with Gasteiger partial charge in [-0.1, -0.05) is 13.0 Å². The van der Waals surface area contributed by atoms with Crippen LogP contribution in [-0.2, 0) is 9.59 Å². The molecular formula is C19H26O3. The molecule has 0 aliphatic heterocycles. The molecule has 0 bridgehead atoms. The third kappa shape index (κ3) is 1.72. The number of rotatable bonds is 1. The first-order chi connectivity index (χ1) is 10.5. The first kappa shape index (κ1) is 14.6. The highest BCUT2D eigenvalue weighted by molar-refractivity contribution is 5.91. The van der Waals surface area contributed by atoms with Gasteiger partial charge in [-0.15, -0.1) is 0 Å². The molecule has 1 N–H and O–H groups in total. The van der Waals surface area contributed by atoms with E-state index in [4.69, 9.17) is 0 Å². The van der Waals surface area contributed by atoms with E-state index in [2.05, 4.69) is 6.92 Å². The molecule has 0 amide bonds. The number of hydrogen-bond acceptors (Lipinski definition) is 3. The molecule has 3 saturated carbocycles. The molecule has 0 radical (unpaired) electrons. The van der Waals surface area contributed by atoms with Crippen molar-refractivity contribution >= 4 is 11.6 Å². The van der Waals surface area contributed by atoms with Crippen LogP contribution < -0.4 is 0 Å². The topological polar surface area (TPSA) is 54.4 Å². The number of aliphatic hydroxyl groups is 1. The molecule has 0 aromatic heterocycles. The van der Waals surface area contributed by atoms with E-state index in [-0.39, 0.29) is 23.2 Å². The predicted molar refractivity (Wildman–Crippen MR) is 83.1 cm³/mol. The number of ketones is 2. The summed E-state index contributed by atoms with van der Waals surface area (Å²) in [7, 11) is 0. The van der Waals surface area contributed by atoms with Crippen molar-refractivity contribution in [2.45, 2.75) is 51.9 Å². The number of fused-ring (bicyclic) bond motifs is 5. The lowest BCUT2D eigenvalue weighted by molar-refractivity contribution is -0.138. The van der Waals surface area contributed by atoms with Gasteiger partial charge in [-0.3, -0.25) is 9.59 Å². The van der Waals surface area contributed by atoms with E-state index in [0.717, 1.165) is 38.5 Å². The number of aliphatic hydroxyl groups excluding tert-OH is 1. The van der Waals surface area contributed by atoms with E-state index in [9.17, 15) is 14.7 Å². The van der Waals surface area contributed by atoms with Crippen molar-refractivity contribution in [1.29, 1.82) is 0 Å². The van der Waals surface area contributed by atoms with Gasteiger partial charge in [0.05, 0.1) is 6.61 Å². The lowest BCUT2D eigenvalue weighted by Crippen LogP contribution is -2.55. The molecule has 0 spiro atoms. The van der Waals surface area contributed by atoms with Crippen LogP contribution >= 0.6 is 0 Å². The molecular weight excluding hydrogens is 276 g/mol. The number of carbonyl (C=O) groups is 2. The molecule has 3 nitrogen and oxygen atoms in total. The third-order valence-corrected chi connectivity index (χ3v) is 7.75. The van der Waals surface area contributed by atoms with Crippen molar-refractivity contribution in [3.63, 3.8) is 0 Å². The van der Waals surface area contributed by atoms with E-state index >= 15 is 0 Å². The lowest BCUT2D eigenvalue weighted by Gasteiger charge is -2.58. The van der Waals surface area contributed by atoms with Crippen LogP contribution in [0.15, 0.2) is 12.2 Å². The van der Waals surface area contributed by atoms with Crippen LogP contribution in [0.3, 0.4) is 0 Å². The van der Waals surface area contributed by atoms with Gasteiger partial charge in [-0.05, 0) is 61.9 Å². The normalized spacial score (nSPS) is 50.5. The van der Waals surface area contributed by atoms with Crippen molar-refractivity contribution in [3.8, 4) is 0 Å². The predicted octanol–water partition coefficient (Wildman–Crippen LogP) is 2.92. The fraction of sp³-hybridized carbons (Fsp3) is 0.789. The minimum Gasteiger partial charge on any atom is -0.395 e. The Hall–Kier alpha value is -0.960. The highest BCUT2D eigenvalue weighted by Crippen LogP contribution is 2.64. The Morgan fingerprint density at radius 3 is 2.77 bits per heavy atom. The summed E-state index contributed by atoms with van der Waals surface area (Å²) >= 11 is 0. The van der Waals surface area contributed by atoms with Gasteiger partial charge in [0, 0.05) is 23.7 Å². The minimum atomic E-state index is -0.205. The van der Waals surface area contributed by atoms with Crippen LogP contribution in [0.2, 0.25) is 0 Å². The summed E-state index contributed by atoms with van der Waals surface area (Å²) in [6.07, 6.45) is 10.3. The van der Waals surface area contributed by atoms with Gasteiger partial charge in [0.1, 0.15) is 5.78 Å². The molecule has 3 fully saturated rings. The molecule has 22 heavy (non-hydrogen) atoms. The summed E-state index contributed by atoms with van der Waals surface area (Å²) in [5.41, 5.74) is -0.317. The van der Waals surface area contributed by atoms with Crippen LogP contribution in [0, 0.1) is 34.5 Å². The Morgan fingerprint density at radius 2 is 2.00 bits per heavy atom. The van der Waals surface area contributed by atoms with E-state index in [1.54, 1.807) is 6.08 Å². The summed E-state index contributed by atoms with van der Waals surface area (Å²) in [5.74, 6) is 2.47. The number of allylic oxidation sites excluding steroid dienone is 1. The lowest BCUT2D eigenvalue weighted by atomic mass is 9.46. The second-order valence-corrected chi connectivity index (χ2v) is 8.34. The van der Waals surface area contributed by atoms with E-state index < -0.39 is 0 Å². The molecule has 0 heterocycles. The molecule has 0 aromatic rings. The molecule has 1 unspecified atom stereocenters. The number of hydrogen-bond donors (Lipinski definition) is 1. The van der Waals surface area contributed by atoms with Crippen LogP contribution in [0.25, 0.3) is 0 Å². The largest absolute Gasteiger partial charge is 0.395 e. The molecule has 120 valence electrons. The molecule has 3 heteroatoms. The van der Waals surface area contributed by atoms with Gasteiger partial charge in [-0.25, -0.2) is 0 Å². The zero-order valence-electron chi connectivity index (χ0n) is 13.4. The van der Waals surface area contributed by atoms with E-state index in [0.29, 0.717) is 35.9 Å². The molecule has 0 saturated heterocycles. The zero-order chi connectivity index (χ0) is 15.5. The quantitative estimate of drug-likeness (QED) is 0.810. The smallest absolute Gasteiger partial charge is 0.155 e. The van der Waals surface area contributed by atoms with Crippen molar-refractivity contribution in [2.24, 2.45) is 34.5 Å². The zero-order valence-corrected chi connectivity index (χ0v) is 13.4. The molecule has 4 aliphatic rings. The Kier molecular flexibility index (Phi) is 3.17. The third-order valence-electron chi connectivity index (χ3n) is 7.75. The average molecular weight is 302 g/mol. The molecule has 4 aliphatic carbocycles. The number of carbonyl (C=O) groups excluding carboxylic acids is 2. The van der Waals surface area contributed by atoms with Gasteiger partial charge in [-0.2, -0.15) is 0 Å². The Labute approximate surface area is 132 Å². The molecule has 6 atom stereocenters. The Bertz CT molecular complexity index is 551. The van der Waals surface area contributed by atoms with Gasteiger partial charge in [0.2, 0.25) is 0 Å². The van der Waals surface area contributed by atoms with Gasteiger partial charge < -0.3 is 5.11 Å². The fourth-order valence-corrected chi connectivity index (χ4v) is 6.50. The monoisotopic (exact) mass is 302 g/mol. The van der Waals surface area contributed by atoms with Crippen LogP contribution in [0.5, 0.6) is 0 Å². The van der Waals surface area contributed by atoms with E-state index in [1.165, 1.54) is 0 Å². The second kappa shape index (κ2) is 4.77. The van der Waals surface area contributed by atoms with Crippen molar-refractivity contribution in [1.82, 2.24) is 0 Å². The maximum atomic E-state index is 12.4. The standard InChI is InChI=1S/C19H26O3/c1-18-8-7-16-14(15(18)4-5-17(18)22)3-2-12-10-13(21)6-9-19(12,16)11-20/h6,9,12,14-16,20H,2-5,7-8,10-11H2,1H3/t12?,14-,15-,16-,18-,19+/m0/s1. The highest BCUT2D eigenvalue weighted by atomic mass is 16.3. The summed E-state index contributed by atoms with van der Waals surface area (Å²) < 4.78 is 0. The van der Waals surface area contributed by atoms with Gasteiger partial charge >= 0.3 is 0 Å². The van der Waals surface area contributed by atoms with Crippen LogP contribution in [0.4, 0.5) is 0 Å². The minimum absolute atomic E-state index is 0.112. The number of Topliss-reactive ketones (excluding diaryl/α,β-unsaturated/α-hetero) is 1. The SMILES string of the molecule is C[C@]12CC[C@H]3[C@@H](CCC4CC(=O)C=C[C@@]43CO)[C@@H]1CCC2=O. The van der Waals surface area contributed by atoms with E-state index in [1.807, 2.05) is 6.08 Å². The summed E-state index contributed by atoms with van der Waals surface area (Å²) in [6.45, 7) is 2.33. The first-order valence-corrected chi connectivity index (χ1v) is 8.87. The maximum Gasteiger partial charge on any atom is 0.155 e. The summed E-state index contributed by atoms with van der Waals surface area (Å²) in [5, 5.41) is 10.2. The van der Waals surface area contributed by atoms with Crippen LogP contribution in [-0.4, -0.2) is 23.3 Å². The average Bonchev–Trinajstić information content (AvgIpc) is 2.82. The Morgan fingerprint density at radius 1 is 1.18 bits per heavy atom. The van der Waals surface area contributed by atoms with Crippen molar-refractivity contribution < 1.29 is 14.7 Å². The van der Waals surface area contributed by atoms with Crippen molar-refractivity contribution in [3.05, 3.63) is 12.2 Å².